The number of piperidine rings is 1. The molecule has 1 N–H and O–H groups in total. The zero-order chi connectivity index (χ0) is 14.7. The Morgan fingerprint density at radius 3 is 2.62 bits per heavy atom. The van der Waals surface area contributed by atoms with Gasteiger partial charge in [0, 0.05) is 12.2 Å². The van der Waals surface area contributed by atoms with E-state index >= 15 is 0 Å². The fourth-order valence-electron chi connectivity index (χ4n) is 3.41. The summed E-state index contributed by atoms with van der Waals surface area (Å²) in [7, 11) is 0. The van der Waals surface area contributed by atoms with E-state index in [1.807, 2.05) is 36.1 Å². The van der Waals surface area contributed by atoms with E-state index in [-0.39, 0.29) is 11.4 Å². The van der Waals surface area contributed by atoms with Crippen molar-refractivity contribution >= 4 is 11.6 Å². The van der Waals surface area contributed by atoms with Gasteiger partial charge in [-0.05, 0) is 45.0 Å². The van der Waals surface area contributed by atoms with E-state index in [1.54, 1.807) is 0 Å². The molecule has 0 unspecified atom stereocenters. The monoisotopic (exact) mass is 285 g/mol. The number of nitrogens with one attached hydrogen (secondary N) is 1. The summed E-state index contributed by atoms with van der Waals surface area (Å²) < 4.78 is 0. The van der Waals surface area contributed by atoms with Gasteiger partial charge in [0.05, 0.1) is 6.67 Å². The van der Waals surface area contributed by atoms with Gasteiger partial charge < -0.3 is 15.1 Å². The van der Waals surface area contributed by atoms with E-state index in [1.165, 1.54) is 0 Å². The molecule has 0 aliphatic carbocycles. The molecule has 1 amide bonds. The summed E-state index contributed by atoms with van der Waals surface area (Å²) in [6, 6.07) is 10.3. The largest absolute Gasteiger partial charge is 0.339 e. The first-order valence-corrected chi connectivity index (χ1v) is 7.72. The van der Waals surface area contributed by atoms with Gasteiger partial charge >= 0.3 is 0 Å². The summed E-state index contributed by atoms with van der Waals surface area (Å²) in [5.74, 6) is 0.283. The summed E-state index contributed by atoms with van der Waals surface area (Å²) in [4.78, 5) is 17.3. The molecule has 0 aromatic heterocycles. The molecule has 2 saturated heterocycles. The van der Waals surface area contributed by atoms with Crippen LogP contribution >= 0.6 is 0 Å². The minimum atomic E-state index is -0.353. The number of allylic oxidation sites excluding steroid dienone is 1. The minimum absolute atomic E-state index is 0.283. The lowest BCUT2D eigenvalue weighted by Gasteiger charge is -2.40. The maximum absolute atomic E-state index is 13.0. The van der Waals surface area contributed by atoms with Crippen LogP contribution in [0.2, 0.25) is 0 Å². The van der Waals surface area contributed by atoms with Crippen LogP contribution in [0.5, 0.6) is 0 Å². The predicted octanol–water partition coefficient (Wildman–Crippen LogP) is 1.99. The van der Waals surface area contributed by atoms with Gasteiger partial charge in [0.25, 0.3) is 0 Å². The summed E-state index contributed by atoms with van der Waals surface area (Å²) in [6.07, 6.45) is 5.83. The average molecular weight is 285 g/mol. The highest BCUT2D eigenvalue weighted by atomic mass is 16.2. The highest BCUT2D eigenvalue weighted by molar-refractivity contribution is 5.93. The molecule has 2 fully saturated rings. The molecule has 1 aromatic rings. The molecule has 4 nitrogen and oxygen atoms in total. The number of carbonyl (C=O) groups is 1. The second-order valence-corrected chi connectivity index (χ2v) is 5.78. The molecule has 3 rings (SSSR count). The van der Waals surface area contributed by atoms with Gasteiger partial charge in [0.1, 0.15) is 5.54 Å². The third-order valence-electron chi connectivity index (χ3n) is 4.57. The molecule has 0 radical (unpaired) electrons. The number of hydrogen-bond acceptors (Lipinski definition) is 3. The Kier molecular flexibility index (Phi) is 3.97. The third-order valence-corrected chi connectivity index (χ3v) is 4.57. The van der Waals surface area contributed by atoms with E-state index in [0.29, 0.717) is 13.2 Å². The Balaban J connectivity index is 1.94. The maximum atomic E-state index is 13.0. The van der Waals surface area contributed by atoms with E-state index in [0.717, 1.165) is 31.6 Å². The summed E-state index contributed by atoms with van der Waals surface area (Å²) in [5.41, 5.74) is 0.796. The van der Waals surface area contributed by atoms with Crippen LogP contribution in [0.3, 0.4) is 0 Å². The number of anilines is 1. The van der Waals surface area contributed by atoms with Gasteiger partial charge in [0.15, 0.2) is 0 Å². The van der Waals surface area contributed by atoms with Crippen LogP contribution in [0.1, 0.15) is 19.8 Å². The van der Waals surface area contributed by atoms with Crippen molar-refractivity contribution in [2.24, 2.45) is 0 Å². The Morgan fingerprint density at radius 2 is 1.95 bits per heavy atom. The van der Waals surface area contributed by atoms with Crippen LogP contribution in [-0.4, -0.2) is 42.6 Å². The summed E-state index contributed by atoms with van der Waals surface area (Å²) >= 11 is 0. The van der Waals surface area contributed by atoms with E-state index in [4.69, 9.17) is 0 Å². The zero-order valence-electron chi connectivity index (χ0n) is 12.6. The Hall–Kier alpha value is -1.81. The number of para-hydroxylation sites is 1. The average Bonchev–Trinajstić information content (AvgIpc) is 2.80. The molecular weight excluding hydrogens is 262 g/mol. The number of amides is 1. The number of benzene rings is 1. The van der Waals surface area contributed by atoms with Gasteiger partial charge in [0.2, 0.25) is 5.91 Å². The SMILES string of the molecule is C/C=C/CN1CN(c2ccccc2)C2(CCNCC2)C1=O. The van der Waals surface area contributed by atoms with Gasteiger partial charge in [-0.2, -0.15) is 0 Å². The molecule has 21 heavy (non-hydrogen) atoms. The molecule has 1 aromatic carbocycles. The standard InChI is InChI=1S/C17H23N3O/c1-2-3-13-19-14-20(15-7-5-4-6-8-15)17(16(19)21)9-11-18-12-10-17/h2-8,18H,9-14H2,1H3/b3-2+. The third kappa shape index (κ3) is 2.44. The predicted molar refractivity (Wildman–Crippen MR) is 85.1 cm³/mol. The number of hydrogen-bond donors (Lipinski definition) is 1. The second kappa shape index (κ2) is 5.90. The molecule has 4 heteroatoms. The fourth-order valence-corrected chi connectivity index (χ4v) is 3.41. The van der Waals surface area contributed by atoms with Crippen molar-refractivity contribution in [2.45, 2.75) is 25.3 Å². The smallest absolute Gasteiger partial charge is 0.250 e. The highest BCUT2D eigenvalue weighted by Gasteiger charge is 2.52. The zero-order valence-corrected chi connectivity index (χ0v) is 12.6. The minimum Gasteiger partial charge on any atom is -0.339 e. The van der Waals surface area contributed by atoms with Crippen molar-refractivity contribution in [2.75, 3.05) is 31.2 Å². The lowest BCUT2D eigenvalue weighted by molar-refractivity contribution is -0.132. The van der Waals surface area contributed by atoms with E-state index in [2.05, 4.69) is 28.4 Å². The normalized spacial score (nSPS) is 21.7. The Bertz CT molecular complexity index is 520. The van der Waals surface area contributed by atoms with E-state index < -0.39 is 0 Å². The first-order chi connectivity index (χ1) is 10.3. The molecule has 0 saturated carbocycles. The van der Waals surface area contributed by atoms with Gasteiger partial charge in [-0.1, -0.05) is 30.4 Å². The molecule has 0 bridgehead atoms. The van der Waals surface area contributed by atoms with Crippen LogP contribution in [0.15, 0.2) is 42.5 Å². The van der Waals surface area contributed by atoms with Crippen LogP contribution in [0, 0.1) is 0 Å². The maximum Gasteiger partial charge on any atom is 0.250 e. The number of nitrogens with zero attached hydrogens (tertiary/aromatic N) is 2. The van der Waals surface area contributed by atoms with Crippen LogP contribution < -0.4 is 10.2 Å². The molecule has 112 valence electrons. The van der Waals surface area contributed by atoms with Crippen molar-refractivity contribution in [1.29, 1.82) is 0 Å². The Morgan fingerprint density at radius 1 is 1.24 bits per heavy atom. The molecule has 1 spiro atoms. The lowest BCUT2D eigenvalue weighted by Crippen LogP contribution is -2.55. The van der Waals surface area contributed by atoms with Crippen molar-refractivity contribution in [1.82, 2.24) is 10.2 Å². The van der Waals surface area contributed by atoms with Crippen molar-refractivity contribution in [3.8, 4) is 0 Å². The Labute approximate surface area is 126 Å². The van der Waals surface area contributed by atoms with Gasteiger partial charge in [-0.15, -0.1) is 0 Å². The molecular formula is C17H23N3O. The van der Waals surface area contributed by atoms with Crippen LogP contribution in [-0.2, 0) is 4.79 Å². The van der Waals surface area contributed by atoms with Crippen molar-refractivity contribution < 1.29 is 4.79 Å². The number of rotatable bonds is 3. The first kappa shape index (κ1) is 14.1. The fraction of sp³-hybridized carbons (Fsp3) is 0.471. The topological polar surface area (TPSA) is 35.6 Å². The summed E-state index contributed by atoms with van der Waals surface area (Å²) in [6.45, 7) is 5.20. The van der Waals surface area contributed by atoms with Gasteiger partial charge in [-0.3, -0.25) is 4.79 Å². The van der Waals surface area contributed by atoms with Crippen LogP contribution in [0.4, 0.5) is 5.69 Å². The quantitative estimate of drug-likeness (QED) is 0.863. The second-order valence-electron chi connectivity index (χ2n) is 5.78. The molecule has 0 atom stereocenters. The van der Waals surface area contributed by atoms with Crippen molar-refractivity contribution in [3.05, 3.63) is 42.5 Å². The summed E-state index contributed by atoms with van der Waals surface area (Å²) in [5, 5.41) is 3.38. The van der Waals surface area contributed by atoms with Crippen molar-refractivity contribution in [3.63, 3.8) is 0 Å². The molecule has 2 heterocycles. The first-order valence-electron chi connectivity index (χ1n) is 7.72. The van der Waals surface area contributed by atoms with E-state index in [9.17, 15) is 4.79 Å². The molecule has 2 aliphatic heterocycles. The number of carbonyl (C=O) groups excluding carboxylic acids is 1. The highest BCUT2D eigenvalue weighted by Crippen LogP contribution is 2.37. The van der Waals surface area contributed by atoms with Gasteiger partial charge in [-0.25, -0.2) is 0 Å². The van der Waals surface area contributed by atoms with Crippen LogP contribution in [0.25, 0.3) is 0 Å². The lowest BCUT2D eigenvalue weighted by atomic mass is 9.86. The molecule has 2 aliphatic rings.